The molecule has 2 atom stereocenters. The number of rotatable bonds is 4. The normalized spacial score (nSPS) is 14.8. The molecule has 0 aliphatic heterocycles. The first-order valence-electron chi connectivity index (χ1n) is 6.97. The van der Waals surface area contributed by atoms with Crippen LogP contribution in [0.5, 0.6) is 0 Å². The number of hydrogen-bond donors (Lipinski definition) is 4. The van der Waals surface area contributed by atoms with Gasteiger partial charge in [0.05, 0.1) is 5.56 Å². The Labute approximate surface area is 136 Å². The van der Waals surface area contributed by atoms with Crippen LogP contribution in [0.1, 0.15) is 38.0 Å². The number of nitrogens with one attached hydrogen (secondary N) is 1. The highest BCUT2D eigenvalue weighted by atomic mass is 19.4. The van der Waals surface area contributed by atoms with Crippen LogP contribution in [-0.2, 0) is 10.9 Å². The molecular formula is C14H20F3N3O4. The maximum absolute atomic E-state index is 12.8. The van der Waals surface area contributed by atoms with Crippen LogP contribution < -0.4 is 11.1 Å². The number of carbonyl (C=O) groups excluding carboxylic acids is 1. The van der Waals surface area contributed by atoms with Crippen LogP contribution in [0.2, 0.25) is 0 Å². The van der Waals surface area contributed by atoms with Crippen molar-refractivity contribution < 1.29 is 32.9 Å². The molecule has 0 saturated carbocycles. The van der Waals surface area contributed by atoms with Crippen molar-refractivity contribution in [1.29, 1.82) is 0 Å². The summed E-state index contributed by atoms with van der Waals surface area (Å²) in [5.41, 5.74) is 2.91. The number of carbonyl (C=O) groups is 1. The molecular weight excluding hydrogens is 331 g/mol. The summed E-state index contributed by atoms with van der Waals surface area (Å²) >= 11 is 0. The second-order valence-corrected chi connectivity index (χ2v) is 6.09. The number of pyridine rings is 1. The number of aliphatic hydroxyl groups is 2. The molecule has 1 heterocycles. The third-order valence-corrected chi connectivity index (χ3v) is 2.81. The van der Waals surface area contributed by atoms with Crippen molar-refractivity contribution >= 4 is 11.9 Å². The van der Waals surface area contributed by atoms with Crippen molar-refractivity contribution in [2.75, 3.05) is 12.3 Å². The van der Waals surface area contributed by atoms with E-state index in [4.69, 9.17) is 10.5 Å². The zero-order valence-corrected chi connectivity index (χ0v) is 13.4. The van der Waals surface area contributed by atoms with Crippen LogP contribution in [-0.4, -0.2) is 39.5 Å². The molecule has 1 aromatic rings. The van der Waals surface area contributed by atoms with Gasteiger partial charge < -0.3 is 26.0 Å². The summed E-state index contributed by atoms with van der Waals surface area (Å²) < 4.78 is 43.2. The van der Waals surface area contributed by atoms with Gasteiger partial charge in [-0.25, -0.2) is 9.78 Å². The molecule has 0 spiro atoms. The summed E-state index contributed by atoms with van der Waals surface area (Å²) in [6.07, 6.45) is -7.92. The predicted octanol–water partition coefficient (Wildman–Crippen LogP) is 1.60. The highest BCUT2D eigenvalue weighted by molar-refractivity contribution is 5.67. The average molecular weight is 351 g/mol. The van der Waals surface area contributed by atoms with Crippen LogP contribution in [0.4, 0.5) is 23.8 Å². The Morgan fingerprint density at radius 3 is 2.46 bits per heavy atom. The third-order valence-electron chi connectivity index (χ3n) is 2.81. The lowest BCUT2D eigenvalue weighted by Gasteiger charge is -2.22. The Kier molecular flexibility index (Phi) is 6.01. The molecule has 1 amide bonds. The van der Waals surface area contributed by atoms with E-state index in [1.54, 1.807) is 20.8 Å². The minimum Gasteiger partial charge on any atom is -0.444 e. The highest BCUT2D eigenvalue weighted by Gasteiger charge is 2.35. The van der Waals surface area contributed by atoms with Crippen LogP contribution >= 0.6 is 0 Å². The Balaban J connectivity index is 2.76. The summed E-state index contributed by atoms with van der Waals surface area (Å²) in [7, 11) is 0. The zero-order valence-electron chi connectivity index (χ0n) is 13.4. The molecule has 1 rings (SSSR count). The molecule has 7 nitrogen and oxygen atoms in total. The van der Waals surface area contributed by atoms with Gasteiger partial charge in [-0.2, -0.15) is 13.2 Å². The lowest BCUT2D eigenvalue weighted by atomic mass is 10.0. The lowest BCUT2D eigenvalue weighted by Crippen LogP contribution is -2.38. The van der Waals surface area contributed by atoms with E-state index in [1.807, 2.05) is 0 Å². The Morgan fingerprint density at radius 2 is 1.96 bits per heavy atom. The van der Waals surface area contributed by atoms with Gasteiger partial charge in [0.15, 0.2) is 0 Å². The molecule has 0 radical (unpaired) electrons. The number of ether oxygens (including phenoxy) is 1. The van der Waals surface area contributed by atoms with Crippen molar-refractivity contribution in [3.05, 3.63) is 23.4 Å². The lowest BCUT2D eigenvalue weighted by molar-refractivity contribution is -0.137. The fourth-order valence-corrected chi connectivity index (χ4v) is 1.72. The third kappa shape index (κ3) is 5.85. The predicted molar refractivity (Wildman–Crippen MR) is 78.9 cm³/mol. The molecule has 0 saturated heterocycles. The van der Waals surface area contributed by atoms with E-state index in [0.717, 1.165) is 6.20 Å². The van der Waals surface area contributed by atoms with Crippen LogP contribution in [0.3, 0.4) is 0 Å². The maximum atomic E-state index is 12.8. The number of anilines is 1. The number of hydrogen-bond acceptors (Lipinski definition) is 6. The summed E-state index contributed by atoms with van der Waals surface area (Å²) in [5.74, 6) is -0.736. The van der Waals surface area contributed by atoms with Gasteiger partial charge in [-0.15, -0.1) is 0 Å². The quantitative estimate of drug-likeness (QED) is 0.654. The Bertz CT molecular complexity index is 588. The molecule has 0 aliphatic carbocycles. The molecule has 10 heteroatoms. The first kappa shape index (κ1) is 20.0. The average Bonchev–Trinajstić information content (AvgIpc) is 2.41. The number of halogens is 3. The van der Waals surface area contributed by atoms with Crippen LogP contribution in [0, 0.1) is 0 Å². The van der Waals surface area contributed by atoms with Crippen LogP contribution in [0.15, 0.2) is 12.3 Å². The highest BCUT2D eigenvalue weighted by Crippen LogP contribution is 2.34. The zero-order chi connectivity index (χ0) is 18.7. The molecule has 0 aliphatic rings. The molecule has 5 N–H and O–H groups in total. The SMILES string of the molecule is CC(C)(C)OC(=O)NCC(O)C(O)c1cnc(N)c(C(F)(F)F)c1. The number of aromatic nitrogens is 1. The number of alkyl halides is 3. The number of nitrogens with two attached hydrogens (primary N) is 1. The fraction of sp³-hybridized carbons (Fsp3) is 0.571. The first-order chi connectivity index (χ1) is 10.8. The van der Waals surface area contributed by atoms with E-state index in [1.165, 1.54) is 0 Å². The second-order valence-electron chi connectivity index (χ2n) is 6.09. The van der Waals surface area contributed by atoms with E-state index in [0.29, 0.717) is 6.07 Å². The van der Waals surface area contributed by atoms with Gasteiger partial charge in [0.2, 0.25) is 0 Å². The smallest absolute Gasteiger partial charge is 0.419 e. The van der Waals surface area contributed by atoms with Gasteiger partial charge in [0.1, 0.15) is 23.6 Å². The fourth-order valence-electron chi connectivity index (χ4n) is 1.72. The topological polar surface area (TPSA) is 118 Å². The van der Waals surface area contributed by atoms with Crippen molar-refractivity contribution in [3.63, 3.8) is 0 Å². The van der Waals surface area contributed by atoms with E-state index in [9.17, 15) is 28.2 Å². The van der Waals surface area contributed by atoms with E-state index >= 15 is 0 Å². The summed E-state index contributed by atoms with van der Waals surface area (Å²) in [5, 5.41) is 22.0. The molecule has 1 aromatic heterocycles. The first-order valence-corrected chi connectivity index (χ1v) is 6.97. The van der Waals surface area contributed by atoms with Gasteiger partial charge in [-0.1, -0.05) is 0 Å². The maximum Gasteiger partial charge on any atom is 0.419 e. The summed E-state index contributed by atoms with van der Waals surface area (Å²) in [4.78, 5) is 14.8. The van der Waals surface area contributed by atoms with Gasteiger partial charge in [-0.05, 0) is 26.8 Å². The van der Waals surface area contributed by atoms with E-state index < -0.39 is 48.0 Å². The molecule has 136 valence electrons. The summed E-state index contributed by atoms with van der Waals surface area (Å²) in [6.45, 7) is 4.48. The van der Waals surface area contributed by atoms with Crippen LogP contribution in [0.25, 0.3) is 0 Å². The number of alkyl carbamates (subject to hydrolysis) is 1. The van der Waals surface area contributed by atoms with E-state index in [-0.39, 0.29) is 5.56 Å². The van der Waals surface area contributed by atoms with Crippen molar-refractivity contribution in [3.8, 4) is 0 Å². The van der Waals surface area contributed by atoms with Gasteiger partial charge in [-0.3, -0.25) is 0 Å². The summed E-state index contributed by atoms with van der Waals surface area (Å²) in [6, 6.07) is 0.601. The second kappa shape index (κ2) is 7.22. The minimum absolute atomic E-state index is 0.282. The van der Waals surface area contributed by atoms with Gasteiger partial charge >= 0.3 is 12.3 Å². The molecule has 2 unspecified atom stereocenters. The molecule has 0 fully saturated rings. The molecule has 0 aromatic carbocycles. The number of nitrogens with zero attached hydrogens (tertiary/aromatic N) is 1. The Hall–Kier alpha value is -2.07. The van der Waals surface area contributed by atoms with Crippen molar-refractivity contribution in [2.45, 2.75) is 44.8 Å². The largest absolute Gasteiger partial charge is 0.444 e. The standard InChI is InChI=1S/C14H20F3N3O4/c1-13(2,3)24-12(23)20-6-9(21)10(22)7-4-8(14(15,16)17)11(18)19-5-7/h4-5,9-10,21-22H,6H2,1-3H3,(H2,18,19)(H,20,23). The molecule has 0 bridgehead atoms. The molecule has 24 heavy (non-hydrogen) atoms. The van der Waals surface area contributed by atoms with Gasteiger partial charge in [0.25, 0.3) is 0 Å². The number of aliphatic hydroxyl groups excluding tert-OH is 2. The Morgan fingerprint density at radius 1 is 1.38 bits per heavy atom. The monoisotopic (exact) mass is 351 g/mol. The van der Waals surface area contributed by atoms with Crippen molar-refractivity contribution in [2.24, 2.45) is 0 Å². The van der Waals surface area contributed by atoms with Crippen molar-refractivity contribution in [1.82, 2.24) is 10.3 Å². The number of amides is 1. The number of nitrogen functional groups attached to an aromatic ring is 1. The minimum atomic E-state index is -4.74. The van der Waals surface area contributed by atoms with E-state index in [2.05, 4.69) is 10.3 Å². The van der Waals surface area contributed by atoms with Gasteiger partial charge in [0, 0.05) is 18.3 Å².